The summed E-state index contributed by atoms with van der Waals surface area (Å²) >= 11 is 0. The molecule has 2 aromatic carbocycles. The Morgan fingerprint density at radius 3 is 1.83 bits per heavy atom. The van der Waals surface area contributed by atoms with Gasteiger partial charge in [-0.25, -0.2) is 0 Å². The van der Waals surface area contributed by atoms with Crippen molar-refractivity contribution in [2.75, 3.05) is 14.2 Å². The van der Waals surface area contributed by atoms with Crippen LogP contribution < -0.4 is 14.2 Å². The van der Waals surface area contributed by atoms with Gasteiger partial charge in [0.25, 0.3) is 0 Å². The summed E-state index contributed by atoms with van der Waals surface area (Å²) in [5, 5.41) is 0. The van der Waals surface area contributed by atoms with Crippen molar-refractivity contribution in [1.29, 1.82) is 0 Å². The standard InChI is InChI=1S/C20H22O3/c1-21-14-7-9-16-18(11-14)23-19-12-15(22-2)8-10-17(19)20(16)13-5-3-4-6-13/h7-13,20H,3-6H2,1-2H3. The quantitative estimate of drug-likeness (QED) is 0.786. The smallest absolute Gasteiger partial charge is 0.134 e. The van der Waals surface area contributed by atoms with E-state index in [0.717, 1.165) is 23.0 Å². The molecule has 0 bridgehead atoms. The molecule has 3 nitrogen and oxygen atoms in total. The van der Waals surface area contributed by atoms with Crippen molar-refractivity contribution in [3.63, 3.8) is 0 Å². The Morgan fingerprint density at radius 2 is 1.35 bits per heavy atom. The summed E-state index contributed by atoms with van der Waals surface area (Å²) < 4.78 is 16.9. The van der Waals surface area contributed by atoms with Crippen molar-refractivity contribution in [3.05, 3.63) is 47.5 Å². The molecule has 1 saturated carbocycles. The predicted octanol–water partition coefficient (Wildman–Crippen LogP) is 5.13. The minimum absolute atomic E-state index is 0.410. The molecule has 3 heteroatoms. The number of hydrogen-bond acceptors (Lipinski definition) is 3. The first kappa shape index (κ1) is 14.4. The number of methoxy groups -OCH3 is 2. The maximum Gasteiger partial charge on any atom is 0.134 e. The molecule has 120 valence electrons. The Hall–Kier alpha value is -2.16. The van der Waals surface area contributed by atoms with E-state index in [9.17, 15) is 0 Å². The summed E-state index contributed by atoms with van der Waals surface area (Å²) in [6.45, 7) is 0. The van der Waals surface area contributed by atoms with Crippen LogP contribution >= 0.6 is 0 Å². The monoisotopic (exact) mass is 310 g/mol. The molecule has 23 heavy (non-hydrogen) atoms. The van der Waals surface area contributed by atoms with Crippen molar-refractivity contribution in [2.24, 2.45) is 5.92 Å². The maximum atomic E-state index is 6.19. The Kier molecular flexibility index (Phi) is 3.64. The second kappa shape index (κ2) is 5.80. The Bertz CT molecular complexity index is 663. The van der Waals surface area contributed by atoms with Crippen molar-refractivity contribution >= 4 is 0 Å². The average molecular weight is 310 g/mol. The number of rotatable bonds is 3. The molecule has 0 aromatic heterocycles. The highest BCUT2D eigenvalue weighted by Crippen LogP contribution is 2.52. The largest absolute Gasteiger partial charge is 0.497 e. The van der Waals surface area contributed by atoms with Gasteiger partial charge < -0.3 is 14.2 Å². The zero-order valence-electron chi connectivity index (χ0n) is 13.7. The molecular formula is C20H22O3. The minimum Gasteiger partial charge on any atom is -0.497 e. The average Bonchev–Trinajstić information content (AvgIpc) is 3.12. The number of hydrogen-bond donors (Lipinski definition) is 0. The second-order valence-corrected chi connectivity index (χ2v) is 6.43. The fourth-order valence-corrected chi connectivity index (χ4v) is 4.06. The van der Waals surface area contributed by atoms with Gasteiger partial charge in [0, 0.05) is 29.2 Å². The number of fused-ring (bicyclic) bond motifs is 2. The maximum absolute atomic E-state index is 6.19. The molecule has 0 unspecified atom stereocenters. The van der Waals surface area contributed by atoms with Gasteiger partial charge in [-0.05, 0) is 30.9 Å². The van der Waals surface area contributed by atoms with E-state index < -0.39 is 0 Å². The lowest BCUT2D eigenvalue weighted by Gasteiger charge is -2.32. The van der Waals surface area contributed by atoms with E-state index in [1.54, 1.807) is 14.2 Å². The Morgan fingerprint density at radius 1 is 0.826 bits per heavy atom. The van der Waals surface area contributed by atoms with E-state index in [2.05, 4.69) is 12.1 Å². The highest BCUT2D eigenvalue weighted by Gasteiger charge is 2.35. The van der Waals surface area contributed by atoms with Crippen LogP contribution in [0.4, 0.5) is 0 Å². The topological polar surface area (TPSA) is 27.7 Å². The first-order valence-electron chi connectivity index (χ1n) is 8.34. The van der Waals surface area contributed by atoms with Gasteiger partial charge >= 0.3 is 0 Å². The van der Waals surface area contributed by atoms with Crippen LogP contribution in [0.15, 0.2) is 36.4 Å². The van der Waals surface area contributed by atoms with Gasteiger partial charge in [-0.3, -0.25) is 0 Å². The molecule has 0 radical (unpaired) electrons. The highest BCUT2D eigenvalue weighted by molar-refractivity contribution is 5.57. The van der Waals surface area contributed by atoms with Crippen LogP contribution in [-0.4, -0.2) is 14.2 Å². The van der Waals surface area contributed by atoms with E-state index in [4.69, 9.17) is 14.2 Å². The second-order valence-electron chi connectivity index (χ2n) is 6.43. The molecule has 0 N–H and O–H groups in total. The fourth-order valence-electron chi connectivity index (χ4n) is 4.06. The van der Waals surface area contributed by atoms with Crippen LogP contribution in [0.3, 0.4) is 0 Å². The first-order chi connectivity index (χ1) is 11.3. The molecule has 0 amide bonds. The summed E-state index contributed by atoms with van der Waals surface area (Å²) in [5.41, 5.74) is 2.57. The van der Waals surface area contributed by atoms with Crippen LogP contribution in [0.25, 0.3) is 0 Å². The zero-order chi connectivity index (χ0) is 15.8. The van der Waals surface area contributed by atoms with Gasteiger partial charge in [0.15, 0.2) is 0 Å². The third kappa shape index (κ3) is 2.44. The summed E-state index contributed by atoms with van der Waals surface area (Å²) in [6.07, 6.45) is 5.25. The van der Waals surface area contributed by atoms with Crippen molar-refractivity contribution in [3.8, 4) is 23.0 Å². The van der Waals surface area contributed by atoms with Crippen LogP contribution in [0.5, 0.6) is 23.0 Å². The molecule has 0 atom stereocenters. The van der Waals surface area contributed by atoms with Crippen molar-refractivity contribution < 1.29 is 14.2 Å². The van der Waals surface area contributed by atoms with E-state index in [0.29, 0.717) is 11.8 Å². The van der Waals surface area contributed by atoms with Gasteiger partial charge in [0.2, 0.25) is 0 Å². The van der Waals surface area contributed by atoms with E-state index in [1.807, 2.05) is 24.3 Å². The fraction of sp³-hybridized carbons (Fsp3) is 0.400. The molecule has 2 aliphatic rings. The first-order valence-corrected chi connectivity index (χ1v) is 8.34. The summed E-state index contributed by atoms with van der Waals surface area (Å²) in [5.74, 6) is 4.61. The van der Waals surface area contributed by atoms with Crippen LogP contribution in [0.2, 0.25) is 0 Å². The highest BCUT2D eigenvalue weighted by atomic mass is 16.5. The lowest BCUT2D eigenvalue weighted by atomic mass is 9.78. The zero-order valence-corrected chi connectivity index (χ0v) is 13.7. The predicted molar refractivity (Wildman–Crippen MR) is 89.9 cm³/mol. The molecule has 4 rings (SSSR count). The van der Waals surface area contributed by atoms with Gasteiger partial charge in [-0.1, -0.05) is 25.0 Å². The summed E-state index contributed by atoms with van der Waals surface area (Å²) in [6, 6.07) is 12.4. The Balaban J connectivity index is 1.84. The molecule has 0 saturated heterocycles. The molecule has 1 aliphatic heterocycles. The van der Waals surface area contributed by atoms with Crippen molar-refractivity contribution in [1.82, 2.24) is 0 Å². The molecular weight excluding hydrogens is 288 g/mol. The lowest BCUT2D eigenvalue weighted by Crippen LogP contribution is -2.17. The number of ether oxygens (including phenoxy) is 3. The van der Waals surface area contributed by atoms with Crippen LogP contribution in [0.1, 0.15) is 42.7 Å². The molecule has 2 aromatic rings. The van der Waals surface area contributed by atoms with Crippen LogP contribution in [-0.2, 0) is 0 Å². The molecule has 1 aliphatic carbocycles. The molecule has 1 fully saturated rings. The third-order valence-corrected chi connectivity index (χ3v) is 5.20. The van der Waals surface area contributed by atoms with Crippen LogP contribution in [0, 0.1) is 5.92 Å². The van der Waals surface area contributed by atoms with Gasteiger partial charge in [0.05, 0.1) is 14.2 Å². The summed E-state index contributed by atoms with van der Waals surface area (Å²) in [4.78, 5) is 0. The Labute approximate surface area is 137 Å². The lowest BCUT2D eigenvalue weighted by molar-refractivity contribution is 0.378. The van der Waals surface area contributed by atoms with E-state index >= 15 is 0 Å². The summed E-state index contributed by atoms with van der Waals surface area (Å²) in [7, 11) is 3.38. The third-order valence-electron chi connectivity index (χ3n) is 5.20. The van der Waals surface area contributed by atoms with Gasteiger partial charge in [0.1, 0.15) is 23.0 Å². The normalized spacial score (nSPS) is 17.3. The minimum atomic E-state index is 0.410. The van der Waals surface area contributed by atoms with Gasteiger partial charge in [-0.15, -0.1) is 0 Å². The molecule has 1 heterocycles. The van der Waals surface area contributed by atoms with E-state index in [-0.39, 0.29) is 0 Å². The van der Waals surface area contributed by atoms with Gasteiger partial charge in [-0.2, -0.15) is 0 Å². The SMILES string of the molecule is COc1ccc2c(c1)Oc1cc(OC)ccc1C2C1CCCC1. The number of benzene rings is 2. The molecule has 0 spiro atoms. The van der Waals surface area contributed by atoms with E-state index in [1.165, 1.54) is 36.8 Å². The van der Waals surface area contributed by atoms with Crippen molar-refractivity contribution in [2.45, 2.75) is 31.6 Å².